The molecular formula is C16H18N2O7S. The van der Waals surface area contributed by atoms with Crippen LogP contribution in [0.1, 0.15) is 32.6 Å². The fraction of sp³-hybridized carbons (Fsp3) is 0.562. The number of esters is 1. The molecule has 0 spiro atoms. The molecule has 2 saturated heterocycles. The van der Waals surface area contributed by atoms with Gasteiger partial charge in [0, 0.05) is 31.1 Å². The van der Waals surface area contributed by atoms with Crippen molar-refractivity contribution in [3.63, 3.8) is 0 Å². The molecular weight excluding hydrogens is 364 g/mol. The highest BCUT2D eigenvalue weighted by Gasteiger charge is 2.58. The molecule has 9 nitrogen and oxygen atoms in total. The van der Waals surface area contributed by atoms with Gasteiger partial charge in [0.05, 0.1) is 0 Å². The minimum atomic E-state index is -1.31. The quantitative estimate of drug-likeness (QED) is 0.413. The van der Waals surface area contributed by atoms with Gasteiger partial charge in [0.15, 0.2) is 0 Å². The molecule has 0 radical (unpaired) electrons. The Hall–Kier alpha value is -2.36. The van der Waals surface area contributed by atoms with E-state index in [1.54, 1.807) is 0 Å². The molecule has 3 heterocycles. The maximum absolute atomic E-state index is 12.7. The fourth-order valence-electron chi connectivity index (χ4n) is 3.31. The summed E-state index contributed by atoms with van der Waals surface area (Å²) >= 11 is 1.26. The van der Waals surface area contributed by atoms with Gasteiger partial charge in [-0.1, -0.05) is 0 Å². The Morgan fingerprint density at radius 1 is 1.15 bits per heavy atom. The lowest BCUT2D eigenvalue weighted by atomic mass is 10.0. The van der Waals surface area contributed by atoms with Crippen molar-refractivity contribution in [3.05, 3.63) is 11.3 Å². The van der Waals surface area contributed by atoms with Crippen LogP contribution in [0.25, 0.3) is 0 Å². The van der Waals surface area contributed by atoms with Crippen LogP contribution >= 0.6 is 11.8 Å². The highest BCUT2D eigenvalue weighted by Crippen LogP contribution is 2.43. The van der Waals surface area contributed by atoms with Crippen molar-refractivity contribution in [2.75, 3.05) is 12.4 Å². The van der Waals surface area contributed by atoms with Gasteiger partial charge in [-0.25, -0.2) is 4.79 Å². The topological polar surface area (TPSA) is 121 Å². The van der Waals surface area contributed by atoms with E-state index in [1.807, 2.05) is 0 Å². The summed E-state index contributed by atoms with van der Waals surface area (Å²) in [6, 6.07) is -0.970. The van der Waals surface area contributed by atoms with Gasteiger partial charge in [0.1, 0.15) is 23.7 Å². The third kappa shape index (κ3) is 3.09. The van der Waals surface area contributed by atoms with Crippen LogP contribution in [0.5, 0.6) is 0 Å². The molecule has 0 bridgehead atoms. The van der Waals surface area contributed by atoms with E-state index in [-0.39, 0.29) is 30.9 Å². The van der Waals surface area contributed by atoms with Crippen LogP contribution in [0.3, 0.4) is 0 Å². The Bertz CT molecular complexity index is 714. The maximum atomic E-state index is 12.7. The summed E-state index contributed by atoms with van der Waals surface area (Å²) in [6.45, 7) is 0.994. The van der Waals surface area contributed by atoms with E-state index in [2.05, 4.69) is 0 Å². The van der Waals surface area contributed by atoms with Crippen LogP contribution < -0.4 is 0 Å². The molecule has 1 N–H and O–H groups in total. The number of hydrogen-bond acceptors (Lipinski definition) is 7. The normalized spacial score (nSPS) is 26.3. The van der Waals surface area contributed by atoms with E-state index < -0.39 is 41.1 Å². The molecule has 3 rings (SSSR count). The average Bonchev–Trinajstić information content (AvgIpc) is 2.74. The van der Waals surface area contributed by atoms with Gasteiger partial charge in [0.25, 0.3) is 5.91 Å². The molecule has 10 heteroatoms. The number of thioether (sulfide) groups is 1. The second kappa shape index (κ2) is 7.10. The van der Waals surface area contributed by atoms with Crippen LogP contribution in [0, 0.1) is 0 Å². The predicted octanol–water partition coefficient (Wildman–Crippen LogP) is 0.101. The minimum Gasteiger partial charge on any atom is -0.477 e. The van der Waals surface area contributed by atoms with Gasteiger partial charge >= 0.3 is 11.9 Å². The summed E-state index contributed by atoms with van der Waals surface area (Å²) in [6.07, 6.45) is 1.59. The first-order valence-electron chi connectivity index (χ1n) is 8.21. The first kappa shape index (κ1) is 18.4. The molecule has 26 heavy (non-hydrogen) atoms. The van der Waals surface area contributed by atoms with E-state index in [9.17, 15) is 29.1 Å². The lowest BCUT2D eigenvalue weighted by molar-refractivity contribution is -0.165. The number of carboxylic acids is 1. The van der Waals surface area contributed by atoms with Gasteiger partial charge in [0.2, 0.25) is 11.8 Å². The van der Waals surface area contributed by atoms with Crippen LogP contribution in [-0.2, 0) is 28.7 Å². The molecule has 0 aromatic heterocycles. The highest BCUT2D eigenvalue weighted by atomic mass is 32.2. The number of amides is 3. The Labute approximate surface area is 153 Å². The smallest absolute Gasteiger partial charge is 0.352 e. The third-order valence-electron chi connectivity index (χ3n) is 4.52. The minimum absolute atomic E-state index is 0.201. The zero-order chi connectivity index (χ0) is 19.0. The van der Waals surface area contributed by atoms with Gasteiger partial charge < -0.3 is 9.84 Å². The predicted molar refractivity (Wildman–Crippen MR) is 88.5 cm³/mol. The lowest BCUT2D eigenvalue weighted by Crippen LogP contribution is -2.72. The van der Waals surface area contributed by atoms with Crippen LogP contribution in [0.15, 0.2) is 11.3 Å². The number of nitrogens with zero attached hydrogens (tertiary/aromatic N) is 2. The van der Waals surface area contributed by atoms with Crippen molar-refractivity contribution in [2.24, 2.45) is 0 Å². The van der Waals surface area contributed by atoms with Crippen molar-refractivity contribution in [2.45, 2.75) is 44.0 Å². The number of imide groups is 1. The summed E-state index contributed by atoms with van der Waals surface area (Å²) in [5, 5.41) is 8.89. The number of ether oxygens (including phenoxy) is 1. The standard InChI is InChI=1S/C16H18N2O7S/c1-8(19)25-6-9-7-26-15-13(14(22)18(15)12(9)16(23)24)17-10(20)4-2-3-5-11(17)21/h13,15H,2-7H2,1H3,(H,23,24)/t13-,15-/m1/s1. The van der Waals surface area contributed by atoms with Crippen LogP contribution in [0.2, 0.25) is 0 Å². The highest BCUT2D eigenvalue weighted by molar-refractivity contribution is 8.00. The van der Waals surface area contributed by atoms with E-state index in [0.717, 1.165) is 9.80 Å². The number of carbonyl (C=O) groups is 5. The summed E-state index contributed by atoms with van der Waals surface area (Å²) in [7, 11) is 0. The number of fused-ring (bicyclic) bond motifs is 1. The van der Waals surface area contributed by atoms with Crippen LogP contribution in [0.4, 0.5) is 0 Å². The van der Waals surface area contributed by atoms with Crippen molar-refractivity contribution >= 4 is 41.4 Å². The van der Waals surface area contributed by atoms with Gasteiger partial charge in [-0.15, -0.1) is 11.8 Å². The molecule has 3 aliphatic rings. The Morgan fingerprint density at radius 2 is 1.77 bits per heavy atom. The summed E-state index contributed by atoms with van der Waals surface area (Å²) in [4.78, 5) is 62.0. The first-order chi connectivity index (χ1) is 12.3. The second-order valence-corrected chi connectivity index (χ2v) is 7.36. The summed E-state index contributed by atoms with van der Waals surface area (Å²) < 4.78 is 4.87. The molecule has 3 amide bonds. The third-order valence-corrected chi connectivity index (χ3v) is 5.84. The summed E-state index contributed by atoms with van der Waals surface area (Å²) in [5.41, 5.74) is 0.0836. The molecule has 0 aromatic carbocycles. The lowest BCUT2D eigenvalue weighted by Gasteiger charge is -2.52. The SMILES string of the molecule is CC(=O)OCC1=C(C(=O)O)N2C(=O)[C@@H](N3C(=O)CCCCC3=O)[C@H]2SC1. The van der Waals surface area contributed by atoms with Crippen molar-refractivity contribution in [3.8, 4) is 0 Å². The molecule has 140 valence electrons. The molecule has 2 fully saturated rings. The second-order valence-electron chi connectivity index (χ2n) is 6.26. The van der Waals surface area contributed by atoms with E-state index in [1.165, 1.54) is 18.7 Å². The molecule has 0 saturated carbocycles. The average molecular weight is 382 g/mol. The zero-order valence-corrected chi connectivity index (χ0v) is 14.9. The van der Waals surface area contributed by atoms with Gasteiger partial charge in [-0.2, -0.15) is 0 Å². The number of rotatable bonds is 4. The number of aliphatic carboxylic acids is 1. The summed E-state index contributed by atoms with van der Waals surface area (Å²) in [5.74, 6) is -3.00. The van der Waals surface area contributed by atoms with Gasteiger partial charge in [-0.05, 0) is 12.8 Å². The largest absolute Gasteiger partial charge is 0.477 e. The van der Waals surface area contributed by atoms with Crippen molar-refractivity contribution in [1.82, 2.24) is 9.80 Å². The molecule has 0 aliphatic carbocycles. The number of likely N-dealkylation sites (tertiary alicyclic amines) is 1. The molecule has 0 aromatic rings. The molecule has 3 aliphatic heterocycles. The molecule has 0 unspecified atom stereocenters. The number of β-lactam (4-membered cyclic amide) rings is 1. The van der Waals surface area contributed by atoms with Gasteiger partial charge in [-0.3, -0.25) is 29.0 Å². The fourth-order valence-corrected chi connectivity index (χ4v) is 4.68. The maximum Gasteiger partial charge on any atom is 0.352 e. The Balaban J connectivity index is 1.87. The number of carbonyl (C=O) groups excluding carboxylic acids is 4. The Kier molecular flexibility index (Phi) is 5.03. The van der Waals surface area contributed by atoms with E-state index in [0.29, 0.717) is 18.4 Å². The van der Waals surface area contributed by atoms with Crippen molar-refractivity contribution < 1.29 is 33.8 Å². The number of carboxylic acid groups (broad SMARTS) is 1. The van der Waals surface area contributed by atoms with E-state index in [4.69, 9.17) is 4.74 Å². The monoisotopic (exact) mass is 382 g/mol. The van der Waals surface area contributed by atoms with Crippen LogP contribution in [-0.4, -0.2) is 68.3 Å². The van der Waals surface area contributed by atoms with E-state index >= 15 is 0 Å². The zero-order valence-electron chi connectivity index (χ0n) is 14.1. The molecule has 2 atom stereocenters. The first-order valence-corrected chi connectivity index (χ1v) is 9.26. The number of hydrogen-bond donors (Lipinski definition) is 1. The van der Waals surface area contributed by atoms with Crippen molar-refractivity contribution in [1.29, 1.82) is 0 Å². The Morgan fingerprint density at radius 3 is 2.31 bits per heavy atom.